The van der Waals surface area contributed by atoms with Crippen LogP contribution >= 0.6 is 12.2 Å². The molecule has 1 aromatic heterocycles. The molecule has 0 aliphatic rings. The molecule has 0 saturated carbocycles. The lowest BCUT2D eigenvalue weighted by molar-refractivity contribution is 0.202. The van der Waals surface area contributed by atoms with Crippen molar-refractivity contribution < 1.29 is 9.15 Å². The summed E-state index contributed by atoms with van der Waals surface area (Å²) in [7, 11) is 1.68. The molecule has 0 fully saturated rings. The molecular weight excluding hydrogens is 284 g/mol. The molecule has 0 atom stereocenters. The molecule has 2 rings (SSSR count). The summed E-state index contributed by atoms with van der Waals surface area (Å²) in [6, 6.07) is 14.1. The molecule has 0 saturated heterocycles. The number of methoxy groups -OCH3 is 1. The molecule has 1 aromatic carbocycles. The molecule has 2 aromatic rings. The summed E-state index contributed by atoms with van der Waals surface area (Å²) in [4.78, 5) is 2.08. The molecule has 0 amide bonds. The lowest BCUT2D eigenvalue weighted by Gasteiger charge is -2.25. The Balaban J connectivity index is 2.00. The highest BCUT2D eigenvalue weighted by Gasteiger charge is 2.12. The van der Waals surface area contributed by atoms with Crippen LogP contribution in [0.15, 0.2) is 53.1 Å². The summed E-state index contributed by atoms with van der Waals surface area (Å²) in [5.74, 6) is 0.891. The fourth-order valence-electron chi connectivity index (χ4n) is 1.97. The van der Waals surface area contributed by atoms with Crippen molar-refractivity contribution in [3.63, 3.8) is 0 Å². The van der Waals surface area contributed by atoms with Crippen LogP contribution in [-0.4, -0.2) is 30.3 Å². The van der Waals surface area contributed by atoms with Crippen LogP contribution < -0.4 is 5.32 Å². The van der Waals surface area contributed by atoms with E-state index >= 15 is 0 Å². The van der Waals surface area contributed by atoms with Crippen LogP contribution in [0.4, 0.5) is 0 Å². The zero-order valence-electron chi connectivity index (χ0n) is 12.1. The molecule has 0 spiro atoms. The molecule has 0 bridgehead atoms. The molecule has 0 aliphatic carbocycles. The van der Waals surface area contributed by atoms with Crippen molar-refractivity contribution in [2.45, 2.75) is 13.1 Å². The first kappa shape index (κ1) is 15.5. The third-order valence-corrected chi connectivity index (χ3v) is 3.42. The van der Waals surface area contributed by atoms with E-state index in [2.05, 4.69) is 22.3 Å². The van der Waals surface area contributed by atoms with Crippen molar-refractivity contribution in [2.24, 2.45) is 0 Å². The third kappa shape index (κ3) is 5.21. The van der Waals surface area contributed by atoms with Crippen LogP contribution in [0.5, 0.6) is 0 Å². The van der Waals surface area contributed by atoms with Gasteiger partial charge in [-0.25, -0.2) is 0 Å². The Morgan fingerprint density at radius 2 is 2.00 bits per heavy atom. The minimum Gasteiger partial charge on any atom is -0.467 e. The normalized spacial score (nSPS) is 10.3. The predicted octanol–water partition coefficient (Wildman–Crippen LogP) is 2.80. The van der Waals surface area contributed by atoms with E-state index in [-0.39, 0.29) is 0 Å². The van der Waals surface area contributed by atoms with E-state index in [0.717, 1.165) is 12.3 Å². The van der Waals surface area contributed by atoms with Gasteiger partial charge in [0.2, 0.25) is 0 Å². The first-order valence-corrected chi connectivity index (χ1v) is 7.28. The van der Waals surface area contributed by atoms with Gasteiger partial charge in [-0.1, -0.05) is 30.3 Å². The number of thiocarbonyl (C=S) groups is 1. The minimum absolute atomic E-state index is 0.625. The smallest absolute Gasteiger partial charge is 0.169 e. The predicted molar refractivity (Wildman–Crippen MR) is 86.9 cm³/mol. The van der Waals surface area contributed by atoms with Crippen molar-refractivity contribution in [1.29, 1.82) is 0 Å². The fourth-order valence-corrected chi connectivity index (χ4v) is 2.20. The largest absolute Gasteiger partial charge is 0.467 e. The molecule has 0 unspecified atom stereocenters. The summed E-state index contributed by atoms with van der Waals surface area (Å²) in [6.07, 6.45) is 1.68. The Labute approximate surface area is 130 Å². The van der Waals surface area contributed by atoms with E-state index in [4.69, 9.17) is 21.4 Å². The summed E-state index contributed by atoms with van der Waals surface area (Å²) < 4.78 is 10.5. The lowest BCUT2D eigenvalue weighted by atomic mass is 10.2. The molecule has 21 heavy (non-hydrogen) atoms. The Bertz CT molecular complexity index is 528. The van der Waals surface area contributed by atoms with Gasteiger partial charge >= 0.3 is 0 Å². The second-order valence-electron chi connectivity index (χ2n) is 4.65. The highest BCUT2D eigenvalue weighted by Crippen LogP contribution is 2.10. The van der Waals surface area contributed by atoms with Gasteiger partial charge in [-0.2, -0.15) is 0 Å². The maximum absolute atomic E-state index is 5.48. The lowest BCUT2D eigenvalue weighted by Crippen LogP contribution is -2.40. The number of furan rings is 1. The van der Waals surface area contributed by atoms with Crippen molar-refractivity contribution in [2.75, 3.05) is 20.3 Å². The van der Waals surface area contributed by atoms with Crippen LogP contribution in [-0.2, 0) is 17.8 Å². The second kappa shape index (κ2) is 8.44. The van der Waals surface area contributed by atoms with Crippen LogP contribution in [0.25, 0.3) is 0 Å². The number of hydrogen-bond donors (Lipinski definition) is 1. The van der Waals surface area contributed by atoms with E-state index < -0.39 is 0 Å². The first-order valence-electron chi connectivity index (χ1n) is 6.87. The average Bonchev–Trinajstić information content (AvgIpc) is 3.01. The maximum Gasteiger partial charge on any atom is 0.169 e. The zero-order valence-corrected chi connectivity index (χ0v) is 12.9. The number of hydrogen-bond acceptors (Lipinski definition) is 3. The zero-order chi connectivity index (χ0) is 14.9. The second-order valence-corrected chi connectivity index (χ2v) is 5.03. The molecule has 5 heteroatoms. The maximum atomic E-state index is 5.48. The van der Waals surface area contributed by atoms with Gasteiger partial charge < -0.3 is 19.4 Å². The highest BCUT2D eigenvalue weighted by atomic mass is 32.1. The van der Waals surface area contributed by atoms with Crippen molar-refractivity contribution in [3.8, 4) is 0 Å². The highest BCUT2D eigenvalue weighted by molar-refractivity contribution is 7.80. The summed E-state index contributed by atoms with van der Waals surface area (Å²) in [6.45, 7) is 2.69. The van der Waals surface area contributed by atoms with E-state index in [1.165, 1.54) is 5.56 Å². The van der Waals surface area contributed by atoms with Crippen molar-refractivity contribution in [3.05, 3.63) is 60.1 Å². The summed E-state index contributed by atoms with van der Waals surface area (Å²) >= 11 is 5.48. The molecule has 1 N–H and O–H groups in total. The minimum atomic E-state index is 0.625. The van der Waals surface area contributed by atoms with Gasteiger partial charge in [0, 0.05) is 20.2 Å². The quantitative estimate of drug-likeness (QED) is 0.629. The molecular formula is C16H20N2O2S. The summed E-state index contributed by atoms with van der Waals surface area (Å²) in [5, 5.41) is 3.91. The SMILES string of the molecule is COCCNC(=S)N(Cc1ccccc1)Cc1ccco1. The molecule has 112 valence electrons. The first-order chi connectivity index (χ1) is 10.3. The summed E-state index contributed by atoms with van der Waals surface area (Å²) in [5.41, 5.74) is 1.21. The number of nitrogens with zero attached hydrogens (tertiary/aromatic N) is 1. The van der Waals surface area contributed by atoms with Crippen molar-refractivity contribution >= 4 is 17.3 Å². The van der Waals surface area contributed by atoms with Crippen LogP contribution in [0, 0.1) is 0 Å². The van der Waals surface area contributed by atoms with Crippen LogP contribution in [0.3, 0.4) is 0 Å². The Hall–Kier alpha value is -1.85. The molecule has 1 heterocycles. The van der Waals surface area contributed by atoms with Crippen LogP contribution in [0.2, 0.25) is 0 Å². The topological polar surface area (TPSA) is 37.6 Å². The average molecular weight is 304 g/mol. The van der Waals surface area contributed by atoms with E-state index in [1.807, 2.05) is 30.3 Å². The van der Waals surface area contributed by atoms with Gasteiger partial charge in [-0.3, -0.25) is 0 Å². The number of ether oxygens (including phenoxy) is 1. The van der Waals surface area contributed by atoms with Gasteiger partial charge in [-0.15, -0.1) is 0 Å². The van der Waals surface area contributed by atoms with Crippen LogP contribution in [0.1, 0.15) is 11.3 Å². The number of rotatable bonds is 7. The van der Waals surface area contributed by atoms with E-state index in [9.17, 15) is 0 Å². The Morgan fingerprint density at radius 3 is 2.67 bits per heavy atom. The molecule has 4 nitrogen and oxygen atoms in total. The van der Waals surface area contributed by atoms with Gasteiger partial charge in [0.1, 0.15) is 5.76 Å². The van der Waals surface area contributed by atoms with Gasteiger partial charge in [0.15, 0.2) is 5.11 Å². The molecule has 0 radical (unpaired) electrons. The Morgan fingerprint density at radius 1 is 1.19 bits per heavy atom. The number of benzene rings is 1. The van der Waals surface area contributed by atoms with Gasteiger partial charge in [0.25, 0.3) is 0 Å². The standard InChI is InChI=1S/C16H20N2O2S/c1-19-11-9-17-16(21)18(13-15-8-5-10-20-15)12-14-6-3-2-4-7-14/h2-8,10H,9,11-13H2,1H3,(H,17,21). The van der Waals surface area contributed by atoms with Gasteiger partial charge in [-0.05, 0) is 29.9 Å². The van der Waals surface area contributed by atoms with Gasteiger partial charge in [0.05, 0.1) is 19.4 Å². The molecule has 0 aliphatic heterocycles. The number of nitrogens with one attached hydrogen (secondary N) is 1. The van der Waals surface area contributed by atoms with Crippen molar-refractivity contribution in [1.82, 2.24) is 10.2 Å². The van der Waals surface area contributed by atoms with E-state index in [0.29, 0.717) is 24.8 Å². The Kier molecular flexibility index (Phi) is 6.24. The monoisotopic (exact) mass is 304 g/mol. The fraction of sp³-hybridized carbons (Fsp3) is 0.312. The third-order valence-electron chi connectivity index (χ3n) is 3.01. The van der Waals surface area contributed by atoms with E-state index in [1.54, 1.807) is 13.4 Å².